The zero-order valence-corrected chi connectivity index (χ0v) is 17.2. The van der Waals surface area contributed by atoms with Crippen molar-refractivity contribution in [1.82, 2.24) is 4.98 Å². The van der Waals surface area contributed by atoms with Crippen molar-refractivity contribution in [2.45, 2.75) is 32.1 Å². The second-order valence-corrected chi connectivity index (χ2v) is 8.00. The Kier molecular flexibility index (Phi) is 5.62. The number of carboxylic acid groups (broad SMARTS) is 1. The van der Waals surface area contributed by atoms with Crippen LogP contribution >= 0.6 is 0 Å². The van der Waals surface area contributed by atoms with E-state index >= 15 is 0 Å². The quantitative estimate of drug-likeness (QED) is 0.409. The van der Waals surface area contributed by atoms with Crippen molar-refractivity contribution < 1.29 is 9.90 Å². The summed E-state index contributed by atoms with van der Waals surface area (Å²) in [5.41, 5.74) is 6.05. The summed E-state index contributed by atoms with van der Waals surface area (Å²) < 4.78 is 0. The van der Waals surface area contributed by atoms with Gasteiger partial charge in [-0.15, -0.1) is 0 Å². The highest BCUT2D eigenvalue weighted by atomic mass is 16.4. The number of aliphatic carboxylic acids is 1. The maximum absolute atomic E-state index is 12.1. The largest absolute Gasteiger partial charge is 0.481 e. The highest BCUT2D eigenvalue weighted by molar-refractivity contribution is 5.94. The topological polar surface area (TPSA) is 50.2 Å². The van der Waals surface area contributed by atoms with Crippen LogP contribution in [0.15, 0.2) is 85.1 Å². The third-order valence-electron chi connectivity index (χ3n) is 5.57. The minimum absolute atomic E-state index is 0.390. The number of pyridine rings is 1. The van der Waals surface area contributed by atoms with Crippen molar-refractivity contribution in [2.75, 3.05) is 0 Å². The van der Waals surface area contributed by atoms with E-state index < -0.39 is 11.9 Å². The Morgan fingerprint density at radius 2 is 1.70 bits per heavy atom. The first-order valence-electron chi connectivity index (χ1n) is 10.3. The van der Waals surface area contributed by atoms with Gasteiger partial charge >= 0.3 is 5.97 Å². The Morgan fingerprint density at radius 1 is 0.900 bits per heavy atom. The van der Waals surface area contributed by atoms with Crippen LogP contribution < -0.4 is 0 Å². The van der Waals surface area contributed by atoms with E-state index in [0.717, 1.165) is 33.2 Å². The fourth-order valence-electron chi connectivity index (χ4n) is 3.89. The molecular formula is C27H25NO2. The average Bonchev–Trinajstić information content (AvgIpc) is 2.77. The van der Waals surface area contributed by atoms with Gasteiger partial charge in [0.25, 0.3) is 0 Å². The van der Waals surface area contributed by atoms with E-state index in [2.05, 4.69) is 37.0 Å². The predicted octanol–water partition coefficient (Wildman–Crippen LogP) is 6.44. The van der Waals surface area contributed by atoms with Crippen LogP contribution in [0.2, 0.25) is 0 Å². The normalized spacial score (nSPS) is 12.2. The maximum Gasteiger partial charge on any atom is 0.311 e. The summed E-state index contributed by atoms with van der Waals surface area (Å²) in [6.07, 6.45) is 2.27. The summed E-state index contributed by atoms with van der Waals surface area (Å²) in [6.45, 7) is 4.36. The number of rotatable bonds is 6. The molecule has 0 spiro atoms. The van der Waals surface area contributed by atoms with Crippen LogP contribution in [0, 0.1) is 0 Å². The number of nitrogens with zero attached hydrogens (tertiary/aromatic N) is 1. The first-order valence-corrected chi connectivity index (χ1v) is 10.3. The van der Waals surface area contributed by atoms with Crippen molar-refractivity contribution >= 4 is 16.9 Å². The Balaban J connectivity index is 1.80. The molecule has 1 unspecified atom stereocenters. The fourth-order valence-corrected chi connectivity index (χ4v) is 3.89. The van der Waals surface area contributed by atoms with Gasteiger partial charge in [0, 0.05) is 17.1 Å². The number of carbonyl (C=O) groups is 1. The molecule has 0 radical (unpaired) electrons. The summed E-state index contributed by atoms with van der Waals surface area (Å²) >= 11 is 0. The molecule has 0 aliphatic carbocycles. The van der Waals surface area contributed by atoms with E-state index in [9.17, 15) is 9.90 Å². The molecule has 0 bridgehead atoms. The van der Waals surface area contributed by atoms with Gasteiger partial charge in [-0.2, -0.15) is 0 Å². The molecule has 1 aromatic heterocycles. The lowest BCUT2D eigenvalue weighted by Gasteiger charge is -2.16. The first-order chi connectivity index (χ1) is 14.5. The number of aromatic nitrogens is 1. The van der Waals surface area contributed by atoms with Crippen molar-refractivity contribution in [3.63, 3.8) is 0 Å². The van der Waals surface area contributed by atoms with E-state index in [1.54, 1.807) is 6.20 Å². The predicted molar refractivity (Wildman–Crippen MR) is 122 cm³/mol. The second kappa shape index (κ2) is 8.50. The summed E-state index contributed by atoms with van der Waals surface area (Å²) in [4.78, 5) is 16.7. The standard InChI is InChI=1S/C27H25NO2/c1-18(2)23-16-22-12-7-13-28-26(22)24(17-23)20-10-6-11-21(15-20)25(27(29)30)14-19-8-4-3-5-9-19/h3-13,15-18,25H,14H2,1-2H3,(H,29,30). The molecule has 0 amide bonds. The molecule has 3 aromatic carbocycles. The number of hydrogen-bond donors (Lipinski definition) is 1. The Morgan fingerprint density at radius 3 is 2.43 bits per heavy atom. The van der Waals surface area contributed by atoms with Gasteiger partial charge < -0.3 is 5.11 Å². The van der Waals surface area contributed by atoms with Crippen LogP contribution in [0.1, 0.15) is 42.4 Å². The monoisotopic (exact) mass is 395 g/mol. The van der Waals surface area contributed by atoms with Gasteiger partial charge in [0.15, 0.2) is 0 Å². The first kappa shape index (κ1) is 19.8. The highest BCUT2D eigenvalue weighted by Gasteiger charge is 2.21. The molecule has 4 rings (SSSR count). The van der Waals surface area contributed by atoms with Crippen molar-refractivity contribution in [2.24, 2.45) is 0 Å². The van der Waals surface area contributed by atoms with Crippen LogP contribution in [-0.2, 0) is 11.2 Å². The molecular weight excluding hydrogens is 370 g/mol. The minimum atomic E-state index is -0.810. The molecule has 3 heteroatoms. The second-order valence-electron chi connectivity index (χ2n) is 8.00. The van der Waals surface area contributed by atoms with Crippen LogP contribution in [0.4, 0.5) is 0 Å². The molecule has 150 valence electrons. The van der Waals surface area contributed by atoms with Gasteiger partial charge in [-0.1, -0.05) is 74.5 Å². The van der Waals surface area contributed by atoms with Gasteiger partial charge in [0.2, 0.25) is 0 Å². The zero-order chi connectivity index (χ0) is 21.1. The molecule has 1 N–H and O–H groups in total. The number of fused-ring (bicyclic) bond motifs is 1. The summed E-state index contributed by atoms with van der Waals surface area (Å²) in [5.74, 6) is -1.02. The lowest BCUT2D eigenvalue weighted by atomic mass is 9.88. The van der Waals surface area contributed by atoms with E-state index in [-0.39, 0.29) is 0 Å². The van der Waals surface area contributed by atoms with Crippen molar-refractivity contribution in [1.29, 1.82) is 0 Å². The van der Waals surface area contributed by atoms with Crippen LogP contribution in [0.5, 0.6) is 0 Å². The Bertz CT molecular complexity index is 1180. The third kappa shape index (κ3) is 4.11. The average molecular weight is 396 g/mol. The lowest BCUT2D eigenvalue weighted by molar-refractivity contribution is -0.138. The van der Waals surface area contributed by atoms with Gasteiger partial charge in [-0.05, 0) is 52.8 Å². The maximum atomic E-state index is 12.1. The zero-order valence-electron chi connectivity index (χ0n) is 17.2. The summed E-state index contributed by atoms with van der Waals surface area (Å²) in [6, 6.07) is 26.1. The van der Waals surface area contributed by atoms with E-state index in [4.69, 9.17) is 0 Å². The van der Waals surface area contributed by atoms with Gasteiger partial charge in [0.05, 0.1) is 11.4 Å². The molecule has 3 nitrogen and oxygen atoms in total. The Labute approximate surface area is 177 Å². The van der Waals surface area contributed by atoms with Crippen LogP contribution in [0.3, 0.4) is 0 Å². The molecule has 0 fully saturated rings. The van der Waals surface area contributed by atoms with E-state index in [1.165, 1.54) is 5.56 Å². The third-order valence-corrected chi connectivity index (χ3v) is 5.57. The minimum Gasteiger partial charge on any atom is -0.481 e. The van der Waals surface area contributed by atoms with Crippen molar-refractivity contribution in [3.8, 4) is 11.1 Å². The molecule has 30 heavy (non-hydrogen) atoms. The fraction of sp³-hybridized carbons (Fsp3) is 0.185. The Hall–Kier alpha value is -3.46. The van der Waals surface area contributed by atoms with Crippen molar-refractivity contribution in [3.05, 3.63) is 102 Å². The van der Waals surface area contributed by atoms with E-state index in [1.807, 2.05) is 60.7 Å². The molecule has 4 aromatic rings. The number of carboxylic acids is 1. The summed E-state index contributed by atoms with van der Waals surface area (Å²) in [7, 11) is 0. The molecule has 1 heterocycles. The van der Waals surface area contributed by atoms with E-state index in [0.29, 0.717) is 12.3 Å². The lowest BCUT2D eigenvalue weighted by Crippen LogP contribution is -2.14. The van der Waals surface area contributed by atoms with Crippen LogP contribution in [-0.4, -0.2) is 16.1 Å². The smallest absolute Gasteiger partial charge is 0.311 e. The molecule has 0 aliphatic heterocycles. The van der Waals surface area contributed by atoms with Crippen LogP contribution in [0.25, 0.3) is 22.0 Å². The van der Waals surface area contributed by atoms with Gasteiger partial charge in [-0.25, -0.2) is 0 Å². The molecule has 0 saturated heterocycles. The number of benzene rings is 3. The van der Waals surface area contributed by atoms with Gasteiger partial charge in [-0.3, -0.25) is 9.78 Å². The SMILES string of the molecule is CC(C)c1cc(-c2cccc(C(Cc3ccccc3)C(=O)O)c2)c2ncccc2c1. The number of hydrogen-bond acceptors (Lipinski definition) is 2. The van der Waals surface area contributed by atoms with Gasteiger partial charge in [0.1, 0.15) is 0 Å². The summed E-state index contributed by atoms with van der Waals surface area (Å²) in [5, 5.41) is 11.0. The highest BCUT2D eigenvalue weighted by Crippen LogP contribution is 2.33. The molecule has 0 saturated carbocycles. The molecule has 0 aliphatic rings. The molecule has 1 atom stereocenters.